The summed E-state index contributed by atoms with van der Waals surface area (Å²) in [6.07, 6.45) is 2.88. The molecule has 1 fully saturated rings. The average molecular weight is 299 g/mol. The Morgan fingerprint density at radius 3 is 2.95 bits per heavy atom. The molecule has 1 N–H and O–H groups in total. The number of carbonyl (C=O) groups excluding carboxylic acids is 1. The maximum atomic E-state index is 11.4. The summed E-state index contributed by atoms with van der Waals surface area (Å²) in [5.41, 5.74) is 1.92. The maximum absolute atomic E-state index is 11.4. The van der Waals surface area contributed by atoms with Gasteiger partial charge in [-0.1, -0.05) is 0 Å². The number of nitrogens with one attached hydrogen (secondary N) is 1. The van der Waals surface area contributed by atoms with Gasteiger partial charge in [-0.15, -0.1) is 12.4 Å². The van der Waals surface area contributed by atoms with E-state index >= 15 is 0 Å². The predicted octanol–water partition coefficient (Wildman–Crippen LogP) is 0.890. The Balaban J connectivity index is 0.00000147. The first-order valence-electron chi connectivity index (χ1n) is 6.62. The minimum absolute atomic E-state index is 0. The fourth-order valence-electron chi connectivity index (χ4n) is 2.55. The van der Waals surface area contributed by atoms with E-state index in [4.69, 9.17) is 4.74 Å². The summed E-state index contributed by atoms with van der Waals surface area (Å²) < 4.78 is 5.78. The predicted molar refractivity (Wildman–Crippen MR) is 75.7 cm³/mol. The second-order valence-electron chi connectivity index (χ2n) is 5.28. The van der Waals surface area contributed by atoms with Crippen LogP contribution in [0.15, 0.2) is 6.20 Å². The van der Waals surface area contributed by atoms with E-state index in [0.717, 1.165) is 24.2 Å². The van der Waals surface area contributed by atoms with Gasteiger partial charge < -0.3 is 15.0 Å². The third kappa shape index (κ3) is 3.02. The molecule has 110 valence electrons. The van der Waals surface area contributed by atoms with Crippen molar-refractivity contribution < 1.29 is 9.53 Å². The number of hydrogen-bond acceptors (Lipinski definition) is 5. The number of amides is 1. The van der Waals surface area contributed by atoms with E-state index in [-0.39, 0.29) is 24.4 Å². The molecule has 7 heteroatoms. The molecule has 0 unspecified atom stereocenters. The highest BCUT2D eigenvalue weighted by molar-refractivity contribution is 5.85. The van der Waals surface area contributed by atoms with Gasteiger partial charge in [0, 0.05) is 44.2 Å². The summed E-state index contributed by atoms with van der Waals surface area (Å²) in [6.45, 7) is 5.71. The number of hydrogen-bond donors (Lipinski definition) is 1. The topological polar surface area (TPSA) is 67.4 Å². The second kappa shape index (κ2) is 5.93. The molecule has 0 aromatic carbocycles. The van der Waals surface area contributed by atoms with Crippen molar-refractivity contribution in [1.82, 2.24) is 20.2 Å². The monoisotopic (exact) mass is 298 g/mol. The standard InChI is InChI=1S/C13H18N4O2.ClH/c1-8-3-11(5-14-8)19-13-15-4-10-6-17(9(2)18)7-12(10)16-13;/h4,8,11,14H,3,5-7H2,1-2H3;1H/t8-,11+;/m0./s1. The molecule has 6 nitrogen and oxygen atoms in total. The largest absolute Gasteiger partial charge is 0.459 e. The minimum Gasteiger partial charge on any atom is -0.459 e. The summed E-state index contributed by atoms with van der Waals surface area (Å²) in [5.74, 6) is 0.0642. The van der Waals surface area contributed by atoms with E-state index in [1.807, 2.05) is 0 Å². The third-order valence-corrected chi connectivity index (χ3v) is 3.66. The van der Waals surface area contributed by atoms with Gasteiger partial charge in [0.25, 0.3) is 0 Å². The lowest BCUT2D eigenvalue weighted by molar-refractivity contribution is -0.129. The molecule has 2 aliphatic rings. The molecule has 0 spiro atoms. The van der Waals surface area contributed by atoms with E-state index in [1.54, 1.807) is 18.0 Å². The van der Waals surface area contributed by atoms with Crippen LogP contribution in [0.1, 0.15) is 31.5 Å². The summed E-state index contributed by atoms with van der Waals surface area (Å²) in [6, 6.07) is 0.901. The molecule has 3 heterocycles. The lowest BCUT2D eigenvalue weighted by Crippen LogP contribution is -2.22. The van der Waals surface area contributed by atoms with Gasteiger partial charge in [-0.3, -0.25) is 4.79 Å². The van der Waals surface area contributed by atoms with Crippen molar-refractivity contribution in [3.8, 4) is 6.01 Å². The zero-order valence-electron chi connectivity index (χ0n) is 11.6. The molecular formula is C13H19ClN4O2. The molecule has 2 aliphatic heterocycles. The van der Waals surface area contributed by atoms with E-state index in [1.165, 1.54) is 0 Å². The van der Waals surface area contributed by atoms with Crippen LogP contribution in [0.5, 0.6) is 6.01 Å². The molecule has 0 bridgehead atoms. The zero-order valence-corrected chi connectivity index (χ0v) is 12.4. The van der Waals surface area contributed by atoms with E-state index in [9.17, 15) is 4.79 Å². The molecule has 0 aliphatic carbocycles. The van der Waals surface area contributed by atoms with Gasteiger partial charge in [-0.25, -0.2) is 4.98 Å². The van der Waals surface area contributed by atoms with Crippen LogP contribution >= 0.6 is 12.4 Å². The van der Waals surface area contributed by atoms with Crippen LogP contribution < -0.4 is 10.1 Å². The van der Waals surface area contributed by atoms with Crippen LogP contribution in [0.3, 0.4) is 0 Å². The van der Waals surface area contributed by atoms with Gasteiger partial charge >= 0.3 is 6.01 Å². The molecule has 0 saturated carbocycles. The van der Waals surface area contributed by atoms with E-state index in [2.05, 4.69) is 22.2 Å². The SMILES string of the molecule is CC(=O)N1Cc2cnc(O[C@H]3CN[C@@H](C)C3)nc2C1.Cl. The van der Waals surface area contributed by atoms with Gasteiger partial charge in [-0.05, 0) is 6.92 Å². The molecule has 2 atom stereocenters. The first kappa shape index (κ1) is 15.0. The number of rotatable bonds is 2. The minimum atomic E-state index is 0. The number of halogens is 1. The first-order chi connectivity index (χ1) is 9.11. The van der Waals surface area contributed by atoms with Crippen molar-refractivity contribution in [2.45, 2.75) is 45.5 Å². The van der Waals surface area contributed by atoms with Crippen molar-refractivity contribution in [1.29, 1.82) is 0 Å². The lowest BCUT2D eigenvalue weighted by atomic mass is 10.2. The maximum Gasteiger partial charge on any atom is 0.316 e. The van der Waals surface area contributed by atoms with Crippen LogP contribution in [0, 0.1) is 0 Å². The molecular weight excluding hydrogens is 280 g/mol. The Labute approximate surface area is 124 Å². The van der Waals surface area contributed by atoms with Crippen LogP contribution in [-0.4, -0.2) is 39.5 Å². The van der Waals surface area contributed by atoms with Gasteiger partial charge in [0.05, 0.1) is 12.2 Å². The first-order valence-corrected chi connectivity index (χ1v) is 6.62. The number of carbonyl (C=O) groups is 1. The number of fused-ring (bicyclic) bond motifs is 1. The second-order valence-corrected chi connectivity index (χ2v) is 5.28. The van der Waals surface area contributed by atoms with Gasteiger partial charge in [0.2, 0.25) is 5.91 Å². The van der Waals surface area contributed by atoms with Gasteiger partial charge in [0.15, 0.2) is 0 Å². The molecule has 1 aromatic rings. The van der Waals surface area contributed by atoms with Crippen LogP contribution in [0.2, 0.25) is 0 Å². The third-order valence-electron chi connectivity index (χ3n) is 3.66. The van der Waals surface area contributed by atoms with Crippen molar-refractivity contribution in [3.63, 3.8) is 0 Å². The Morgan fingerprint density at radius 2 is 2.30 bits per heavy atom. The van der Waals surface area contributed by atoms with Crippen LogP contribution in [-0.2, 0) is 17.9 Å². The normalized spacial score (nSPS) is 24.2. The highest BCUT2D eigenvalue weighted by Gasteiger charge is 2.26. The van der Waals surface area contributed by atoms with E-state index in [0.29, 0.717) is 25.1 Å². The summed E-state index contributed by atoms with van der Waals surface area (Å²) >= 11 is 0. The summed E-state index contributed by atoms with van der Waals surface area (Å²) in [5, 5.41) is 3.33. The van der Waals surface area contributed by atoms with Crippen molar-refractivity contribution >= 4 is 18.3 Å². The summed E-state index contributed by atoms with van der Waals surface area (Å²) in [4.78, 5) is 21.8. The molecule has 3 rings (SSSR count). The zero-order chi connectivity index (χ0) is 13.4. The van der Waals surface area contributed by atoms with Crippen molar-refractivity contribution in [3.05, 3.63) is 17.5 Å². The molecule has 1 amide bonds. The molecule has 0 radical (unpaired) electrons. The highest BCUT2D eigenvalue weighted by Crippen LogP contribution is 2.22. The summed E-state index contributed by atoms with van der Waals surface area (Å²) in [7, 11) is 0. The fourth-order valence-corrected chi connectivity index (χ4v) is 2.55. The smallest absolute Gasteiger partial charge is 0.316 e. The Hall–Kier alpha value is -1.40. The van der Waals surface area contributed by atoms with Crippen molar-refractivity contribution in [2.75, 3.05) is 6.54 Å². The quantitative estimate of drug-likeness (QED) is 0.878. The van der Waals surface area contributed by atoms with Crippen LogP contribution in [0.25, 0.3) is 0 Å². The van der Waals surface area contributed by atoms with E-state index < -0.39 is 0 Å². The highest BCUT2D eigenvalue weighted by atomic mass is 35.5. The lowest BCUT2D eigenvalue weighted by Gasteiger charge is -2.11. The Kier molecular flexibility index (Phi) is 4.45. The van der Waals surface area contributed by atoms with Crippen LogP contribution in [0.4, 0.5) is 0 Å². The fraction of sp³-hybridized carbons (Fsp3) is 0.615. The number of ether oxygens (including phenoxy) is 1. The molecule has 1 aromatic heterocycles. The Bertz CT molecular complexity index is 511. The van der Waals surface area contributed by atoms with Gasteiger partial charge in [0.1, 0.15) is 6.10 Å². The molecule has 1 saturated heterocycles. The molecule has 20 heavy (non-hydrogen) atoms. The Morgan fingerprint density at radius 1 is 1.50 bits per heavy atom. The number of aromatic nitrogens is 2. The average Bonchev–Trinajstić information content (AvgIpc) is 2.95. The number of nitrogens with zero attached hydrogens (tertiary/aromatic N) is 3. The van der Waals surface area contributed by atoms with Gasteiger partial charge in [-0.2, -0.15) is 4.98 Å². The van der Waals surface area contributed by atoms with Crippen molar-refractivity contribution in [2.24, 2.45) is 0 Å².